The van der Waals surface area contributed by atoms with Crippen LogP contribution in [0.1, 0.15) is 57.5 Å². The number of anilines is 2. The molecular weight excluding hydrogens is 457 g/mol. The highest BCUT2D eigenvalue weighted by Crippen LogP contribution is 2.28. The van der Waals surface area contributed by atoms with E-state index in [4.69, 9.17) is 4.98 Å². The van der Waals surface area contributed by atoms with Crippen LogP contribution in [0.25, 0.3) is 16.7 Å². The molecule has 0 radical (unpaired) electrons. The van der Waals surface area contributed by atoms with E-state index in [1.165, 1.54) is 12.3 Å². The van der Waals surface area contributed by atoms with Gasteiger partial charge in [-0.2, -0.15) is 4.98 Å². The maximum absolute atomic E-state index is 14.9. The molecule has 8 nitrogen and oxygen atoms in total. The van der Waals surface area contributed by atoms with Crippen LogP contribution >= 0.6 is 0 Å². The van der Waals surface area contributed by atoms with Gasteiger partial charge in [-0.25, -0.2) is 18.7 Å². The van der Waals surface area contributed by atoms with Gasteiger partial charge < -0.3 is 10.2 Å². The van der Waals surface area contributed by atoms with Gasteiger partial charge in [-0.3, -0.25) is 9.78 Å². The molecule has 1 aromatic carbocycles. The molecule has 1 aliphatic heterocycles. The summed E-state index contributed by atoms with van der Waals surface area (Å²) in [5.41, 5.74) is 4.19. The van der Waals surface area contributed by atoms with Crippen molar-refractivity contribution < 1.29 is 4.39 Å². The van der Waals surface area contributed by atoms with Crippen LogP contribution in [0.2, 0.25) is 0 Å². The number of hydrogen-bond donors (Lipinski definition) is 1. The van der Waals surface area contributed by atoms with Crippen LogP contribution in [-0.4, -0.2) is 42.8 Å². The lowest BCUT2D eigenvalue weighted by Gasteiger charge is -2.25. The summed E-state index contributed by atoms with van der Waals surface area (Å²) in [6.45, 7) is 11.7. The van der Waals surface area contributed by atoms with Crippen LogP contribution in [0, 0.1) is 5.82 Å². The van der Waals surface area contributed by atoms with Gasteiger partial charge in [-0.15, -0.1) is 0 Å². The normalized spacial score (nSPS) is 14.4. The molecule has 4 heterocycles. The van der Waals surface area contributed by atoms with Crippen LogP contribution < -0.4 is 10.9 Å². The summed E-state index contributed by atoms with van der Waals surface area (Å²) in [7, 11) is 1.99. The minimum absolute atomic E-state index is 0.109. The number of aromatic nitrogens is 5. The number of hydrogen-bond acceptors (Lipinski definition) is 6. The average molecular weight is 490 g/mol. The molecule has 0 aliphatic carbocycles. The van der Waals surface area contributed by atoms with Crippen molar-refractivity contribution in [3.63, 3.8) is 0 Å². The second kappa shape index (κ2) is 8.81. The van der Waals surface area contributed by atoms with Gasteiger partial charge in [0.15, 0.2) is 5.65 Å². The molecule has 0 atom stereocenters. The highest BCUT2D eigenvalue weighted by atomic mass is 19.1. The maximum atomic E-state index is 14.9. The fourth-order valence-corrected chi connectivity index (χ4v) is 4.69. The summed E-state index contributed by atoms with van der Waals surface area (Å²) >= 11 is 0. The van der Waals surface area contributed by atoms with Crippen molar-refractivity contribution in [2.45, 2.75) is 59.0 Å². The first kappa shape index (κ1) is 24.1. The Morgan fingerprint density at radius 1 is 1.14 bits per heavy atom. The Morgan fingerprint density at radius 3 is 2.64 bits per heavy atom. The molecule has 0 saturated heterocycles. The smallest absolute Gasteiger partial charge is 0.278 e. The van der Waals surface area contributed by atoms with Gasteiger partial charge in [-0.05, 0) is 57.1 Å². The summed E-state index contributed by atoms with van der Waals surface area (Å²) in [6, 6.07) is 7.20. The molecule has 1 aliphatic rings. The standard InChI is InChI=1S/C27H32FN7O/c1-16(2)34-25(36)20-14-30-26(31-18-11-17-8-10-33(6)15-21(17)22(28)12-18)32-24(20)35(34)19-7-9-29-23(13-19)27(3,4)5/h7,9,11-14,16H,8,10,15H2,1-6H3,(H,30,31,32). The van der Waals surface area contributed by atoms with E-state index in [1.807, 2.05) is 43.8 Å². The lowest BCUT2D eigenvalue weighted by atomic mass is 9.91. The number of nitrogens with one attached hydrogen (secondary N) is 1. The SMILES string of the molecule is CC(C)n1c(=O)c2cnc(Nc3cc(F)c4c(c3)CCN(C)C4)nc2n1-c1ccnc(C(C)(C)C)c1. The predicted molar refractivity (Wildman–Crippen MR) is 140 cm³/mol. The highest BCUT2D eigenvalue weighted by molar-refractivity contribution is 5.77. The van der Waals surface area contributed by atoms with E-state index in [-0.39, 0.29) is 22.8 Å². The van der Waals surface area contributed by atoms with Crippen molar-refractivity contribution in [2.24, 2.45) is 0 Å². The van der Waals surface area contributed by atoms with Crippen molar-refractivity contribution in [3.05, 3.63) is 69.7 Å². The molecule has 5 rings (SSSR count). The van der Waals surface area contributed by atoms with Crippen LogP contribution in [0.15, 0.2) is 41.5 Å². The zero-order valence-corrected chi connectivity index (χ0v) is 21.6. The second-order valence-corrected chi connectivity index (χ2v) is 10.8. The zero-order chi connectivity index (χ0) is 25.8. The number of nitrogens with zero attached hydrogens (tertiary/aromatic N) is 6. The molecule has 3 aromatic heterocycles. The Kier molecular flexibility index (Phi) is 5.90. The molecule has 1 N–H and O–H groups in total. The second-order valence-electron chi connectivity index (χ2n) is 10.8. The largest absolute Gasteiger partial charge is 0.324 e. The third kappa shape index (κ3) is 4.28. The molecule has 188 valence electrons. The Morgan fingerprint density at radius 2 is 1.92 bits per heavy atom. The molecule has 0 fully saturated rings. The summed E-state index contributed by atoms with van der Waals surface area (Å²) in [5, 5.41) is 3.58. The van der Waals surface area contributed by atoms with Crippen LogP contribution in [-0.2, 0) is 18.4 Å². The quantitative estimate of drug-likeness (QED) is 0.447. The van der Waals surface area contributed by atoms with Gasteiger partial charge in [0, 0.05) is 53.9 Å². The molecule has 9 heteroatoms. The maximum Gasteiger partial charge on any atom is 0.278 e. The molecule has 0 saturated carbocycles. The highest BCUT2D eigenvalue weighted by Gasteiger charge is 2.23. The fourth-order valence-electron chi connectivity index (χ4n) is 4.69. The van der Waals surface area contributed by atoms with E-state index in [0.29, 0.717) is 29.2 Å². The molecule has 36 heavy (non-hydrogen) atoms. The number of fused-ring (bicyclic) bond motifs is 2. The number of halogens is 1. The molecule has 4 aromatic rings. The van der Waals surface area contributed by atoms with Crippen molar-refractivity contribution in [1.82, 2.24) is 29.2 Å². The molecular formula is C27H32FN7O. The van der Waals surface area contributed by atoms with Crippen molar-refractivity contribution in [1.29, 1.82) is 0 Å². The number of benzene rings is 1. The summed E-state index contributed by atoms with van der Waals surface area (Å²) in [5.74, 6) is 0.0616. The molecule has 0 amide bonds. The topological polar surface area (TPSA) is 80.9 Å². The average Bonchev–Trinajstić information content (AvgIpc) is 3.11. The van der Waals surface area contributed by atoms with Gasteiger partial charge in [0.05, 0.1) is 5.69 Å². The molecule has 0 unspecified atom stereocenters. The Hall–Kier alpha value is -3.59. The van der Waals surface area contributed by atoms with Crippen LogP contribution in [0.5, 0.6) is 0 Å². The zero-order valence-electron chi connectivity index (χ0n) is 21.6. The van der Waals surface area contributed by atoms with E-state index in [1.54, 1.807) is 10.9 Å². The van der Waals surface area contributed by atoms with Crippen LogP contribution in [0.4, 0.5) is 16.0 Å². The summed E-state index contributed by atoms with van der Waals surface area (Å²) in [6.07, 6.45) is 4.08. The van der Waals surface area contributed by atoms with Crippen molar-refractivity contribution >= 4 is 22.7 Å². The van der Waals surface area contributed by atoms with Crippen molar-refractivity contribution in [3.8, 4) is 5.69 Å². The molecule has 0 bridgehead atoms. The first-order valence-corrected chi connectivity index (χ1v) is 12.3. The molecule has 0 spiro atoms. The third-order valence-corrected chi connectivity index (χ3v) is 6.60. The summed E-state index contributed by atoms with van der Waals surface area (Å²) < 4.78 is 18.4. The fraction of sp³-hybridized carbons (Fsp3) is 0.407. The first-order valence-electron chi connectivity index (χ1n) is 12.3. The van der Waals surface area contributed by atoms with E-state index >= 15 is 0 Å². The number of rotatable bonds is 4. The Labute approximate surface area is 209 Å². The van der Waals surface area contributed by atoms with E-state index in [2.05, 4.69) is 41.0 Å². The minimum atomic E-state index is -0.239. The lowest BCUT2D eigenvalue weighted by molar-refractivity contribution is 0.306. The van der Waals surface area contributed by atoms with Gasteiger partial charge in [0.25, 0.3) is 5.56 Å². The Bertz CT molecular complexity index is 1510. The number of likely N-dealkylation sites (N-methyl/N-ethyl adjacent to an activating group) is 1. The van der Waals surface area contributed by atoms with Gasteiger partial charge in [0.1, 0.15) is 11.2 Å². The van der Waals surface area contributed by atoms with E-state index in [0.717, 1.165) is 35.5 Å². The monoisotopic (exact) mass is 489 g/mol. The van der Waals surface area contributed by atoms with Crippen molar-refractivity contribution in [2.75, 3.05) is 18.9 Å². The van der Waals surface area contributed by atoms with Gasteiger partial charge >= 0.3 is 0 Å². The summed E-state index contributed by atoms with van der Waals surface area (Å²) in [4.78, 5) is 29.1. The minimum Gasteiger partial charge on any atom is -0.324 e. The predicted octanol–water partition coefficient (Wildman–Crippen LogP) is 4.73. The lowest BCUT2D eigenvalue weighted by Crippen LogP contribution is -2.27. The first-order chi connectivity index (χ1) is 17.0. The van der Waals surface area contributed by atoms with Gasteiger partial charge in [-0.1, -0.05) is 20.8 Å². The number of pyridine rings is 1. The van der Waals surface area contributed by atoms with Gasteiger partial charge in [0.2, 0.25) is 5.95 Å². The Balaban J connectivity index is 1.62. The van der Waals surface area contributed by atoms with E-state index < -0.39 is 0 Å². The van der Waals surface area contributed by atoms with E-state index in [9.17, 15) is 9.18 Å². The third-order valence-electron chi connectivity index (χ3n) is 6.60. The van der Waals surface area contributed by atoms with Crippen LogP contribution in [0.3, 0.4) is 0 Å².